The highest BCUT2D eigenvalue weighted by Crippen LogP contribution is 2.08. The van der Waals surface area contributed by atoms with E-state index in [0.29, 0.717) is 12.1 Å². The Balaban J connectivity index is 2.64. The quantitative estimate of drug-likeness (QED) is 0.712. The van der Waals surface area contributed by atoms with Crippen molar-refractivity contribution in [1.82, 2.24) is 14.7 Å². The number of carbonyl (C=O) groups excluding carboxylic acids is 2. The summed E-state index contributed by atoms with van der Waals surface area (Å²) in [5.41, 5.74) is 1.36. The van der Waals surface area contributed by atoms with E-state index in [1.807, 2.05) is 6.92 Å². The zero-order valence-electron chi connectivity index (χ0n) is 10.6. The van der Waals surface area contributed by atoms with Gasteiger partial charge in [0.25, 0.3) is 5.91 Å². The molecule has 1 amide bonds. The molecule has 0 spiro atoms. The van der Waals surface area contributed by atoms with Crippen molar-refractivity contribution in [1.29, 1.82) is 0 Å². The van der Waals surface area contributed by atoms with E-state index >= 15 is 0 Å². The van der Waals surface area contributed by atoms with Gasteiger partial charge in [-0.1, -0.05) is 0 Å². The largest absolute Gasteiger partial charge is 0.469 e. The lowest BCUT2D eigenvalue weighted by atomic mass is 10.2. The van der Waals surface area contributed by atoms with Crippen LogP contribution in [0, 0.1) is 6.92 Å². The first-order chi connectivity index (χ1) is 7.97. The van der Waals surface area contributed by atoms with Gasteiger partial charge in [-0.05, 0) is 6.92 Å². The number of aryl methyl sites for hydroxylation is 1. The van der Waals surface area contributed by atoms with E-state index in [4.69, 9.17) is 0 Å². The van der Waals surface area contributed by atoms with Crippen LogP contribution in [-0.4, -0.2) is 47.3 Å². The Bertz CT molecular complexity index is 426. The maximum absolute atomic E-state index is 12.0. The molecule has 1 aromatic heterocycles. The Kier molecular flexibility index (Phi) is 4.25. The van der Waals surface area contributed by atoms with Crippen LogP contribution in [0.1, 0.15) is 22.5 Å². The molecule has 0 saturated heterocycles. The number of hydrogen-bond acceptors (Lipinski definition) is 4. The van der Waals surface area contributed by atoms with Crippen LogP contribution in [0.25, 0.3) is 0 Å². The summed E-state index contributed by atoms with van der Waals surface area (Å²) < 4.78 is 6.16. The highest BCUT2D eigenvalue weighted by molar-refractivity contribution is 5.95. The Morgan fingerprint density at radius 1 is 1.53 bits per heavy atom. The highest BCUT2D eigenvalue weighted by atomic mass is 16.5. The van der Waals surface area contributed by atoms with Crippen LogP contribution < -0.4 is 0 Å². The molecule has 94 valence electrons. The molecule has 1 aromatic rings. The first-order valence-electron chi connectivity index (χ1n) is 5.28. The number of esters is 1. The molecule has 0 aliphatic carbocycles. The van der Waals surface area contributed by atoms with Gasteiger partial charge in [-0.15, -0.1) is 0 Å². The number of amides is 1. The van der Waals surface area contributed by atoms with Gasteiger partial charge in [0.05, 0.1) is 25.3 Å². The van der Waals surface area contributed by atoms with Crippen molar-refractivity contribution in [2.45, 2.75) is 13.3 Å². The summed E-state index contributed by atoms with van der Waals surface area (Å²) in [4.78, 5) is 24.5. The standard InChI is InChI=1S/C11H17N3O3/c1-8-9(7-12-14(8)3)11(16)13(2)6-5-10(15)17-4/h7H,5-6H2,1-4H3. The highest BCUT2D eigenvalue weighted by Gasteiger charge is 2.17. The van der Waals surface area contributed by atoms with Gasteiger partial charge >= 0.3 is 5.97 Å². The van der Waals surface area contributed by atoms with E-state index in [9.17, 15) is 9.59 Å². The predicted octanol–water partition coefficient (Wildman–Crippen LogP) is 0.364. The Morgan fingerprint density at radius 3 is 2.65 bits per heavy atom. The van der Waals surface area contributed by atoms with E-state index < -0.39 is 0 Å². The van der Waals surface area contributed by atoms with Crippen molar-refractivity contribution in [2.24, 2.45) is 7.05 Å². The number of carbonyl (C=O) groups is 2. The van der Waals surface area contributed by atoms with Crippen LogP contribution in [0.5, 0.6) is 0 Å². The molecule has 0 aliphatic rings. The summed E-state index contributed by atoms with van der Waals surface area (Å²) >= 11 is 0. The van der Waals surface area contributed by atoms with Gasteiger partial charge < -0.3 is 9.64 Å². The summed E-state index contributed by atoms with van der Waals surface area (Å²) in [6.45, 7) is 2.16. The van der Waals surface area contributed by atoms with Crippen molar-refractivity contribution in [2.75, 3.05) is 20.7 Å². The molecule has 0 aromatic carbocycles. The number of ether oxygens (including phenoxy) is 1. The fourth-order valence-electron chi connectivity index (χ4n) is 1.38. The molecule has 0 atom stereocenters. The molecule has 0 bridgehead atoms. The van der Waals surface area contributed by atoms with Gasteiger partial charge in [0.1, 0.15) is 0 Å². The van der Waals surface area contributed by atoms with Gasteiger partial charge in [0.2, 0.25) is 0 Å². The summed E-state index contributed by atoms with van der Waals surface area (Å²) in [6, 6.07) is 0. The number of methoxy groups -OCH3 is 1. The zero-order chi connectivity index (χ0) is 13.0. The van der Waals surface area contributed by atoms with E-state index in [1.54, 1.807) is 18.8 Å². The lowest BCUT2D eigenvalue weighted by molar-refractivity contribution is -0.140. The van der Waals surface area contributed by atoms with Crippen LogP contribution >= 0.6 is 0 Å². The zero-order valence-corrected chi connectivity index (χ0v) is 10.6. The van der Waals surface area contributed by atoms with Crippen LogP contribution in [0.2, 0.25) is 0 Å². The Labute approximate surface area is 100 Å². The third kappa shape index (κ3) is 3.05. The molecule has 0 fully saturated rings. The summed E-state index contributed by atoms with van der Waals surface area (Å²) in [6.07, 6.45) is 1.73. The lowest BCUT2D eigenvalue weighted by Crippen LogP contribution is -2.29. The molecule has 0 aliphatic heterocycles. The topological polar surface area (TPSA) is 64.4 Å². The van der Waals surface area contributed by atoms with Gasteiger partial charge in [-0.2, -0.15) is 5.10 Å². The van der Waals surface area contributed by atoms with Gasteiger partial charge in [-0.25, -0.2) is 0 Å². The molecule has 6 heteroatoms. The third-order valence-electron chi connectivity index (χ3n) is 2.69. The number of nitrogens with zero attached hydrogens (tertiary/aromatic N) is 3. The molecule has 0 radical (unpaired) electrons. The molecule has 6 nitrogen and oxygen atoms in total. The fourth-order valence-corrected chi connectivity index (χ4v) is 1.38. The summed E-state index contributed by atoms with van der Waals surface area (Å²) in [7, 11) is 4.76. The maximum Gasteiger partial charge on any atom is 0.307 e. The minimum Gasteiger partial charge on any atom is -0.469 e. The second-order valence-electron chi connectivity index (χ2n) is 3.82. The molecule has 0 saturated carbocycles. The first kappa shape index (κ1) is 13.2. The second kappa shape index (κ2) is 5.47. The lowest BCUT2D eigenvalue weighted by Gasteiger charge is -2.15. The minimum atomic E-state index is -0.326. The first-order valence-corrected chi connectivity index (χ1v) is 5.28. The number of rotatable bonds is 4. The second-order valence-corrected chi connectivity index (χ2v) is 3.82. The van der Waals surface area contributed by atoms with Crippen molar-refractivity contribution in [3.63, 3.8) is 0 Å². The molecular weight excluding hydrogens is 222 g/mol. The summed E-state index contributed by atoms with van der Waals surface area (Å²) in [5.74, 6) is -0.466. The average Bonchev–Trinajstić information content (AvgIpc) is 2.65. The molecule has 0 unspecified atom stereocenters. The molecule has 1 rings (SSSR count). The van der Waals surface area contributed by atoms with Crippen LogP contribution in [0.3, 0.4) is 0 Å². The SMILES string of the molecule is COC(=O)CCN(C)C(=O)c1cnn(C)c1C. The normalized spacial score (nSPS) is 10.1. The molecule has 0 N–H and O–H groups in total. The van der Waals surface area contributed by atoms with Crippen molar-refractivity contribution < 1.29 is 14.3 Å². The number of aromatic nitrogens is 2. The fraction of sp³-hybridized carbons (Fsp3) is 0.545. The minimum absolute atomic E-state index is 0.139. The van der Waals surface area contributed by atoms with E-state index in [2.05, 4.69) is 9.84 Å². The molecule has 17 heavy (non-hydrogen) atoms. The summed E-state index contributed by atoms with van der Waals surface area (Å²) in [5, 5.41) is 4.01. The smallest absolute Gasteiger partial charge is 0.307 e. The van der Waals surface area contributed by atoms with Crippen molar-refractivity contribution in [3.05, 3.63) is 17.5 Å². The average molecular weight is 239 g/mol. The van der Waals surface area contributed by atoms with Gasteiger partial charge in [-0.3, -0.25) is 14.3 Å². The maximum atomic E-state index is 12.0. The van der Waals surface area contributed by atoms with E-state index in [0.717, 1.165) is 5.69 Å². The van der Waals surface area contributed by atoms with Crippen LogP contribution in [0.15, 0.2) is 6.20 Å². The Morgan fingerprint density at radius 2 is 2.18 bits per heavy atom. The van der Waals surface area contributed by atoms with Gasteiger partial charge in [0, 0.05) is 26.3 Å². The van der Waals surface area contributed by atoms with E-state index in [1.165, 1.54) is 18.2 Å². The number of hydrogen-bond donors (Lipinski definition) is 0. The third-order valence-corrected chi connectivity index (χ3v) is 2.69. The van der Waals surface area contributed by atoms with Crippen molar-refractivity contribution in [3.8, 4) is 0 Å². The van der Waals surface area contributed by atoms with Crippen molar-refractivity contribution >= 4 is 11.9 Å². The predicted molar refractivity (Wildman–Crippen MR) is 61.5 cm³/mol. The van der Waals surface area contributed by atoms with E-state index in [-0.39, 0.29) is 18.3 Å². The Hall–Kier alpha value is -1.85. The molecular formula is C11H17N3O3. The monoisotopic (exact) mass is 239 g/mol. The van der Waals surface area contributed by atoms with Crippen LogP contribution in [0.4, 0.5) is 0 Å². The molecule has 1 heterocycles. The van der Waals surface area contributed by atoms with Crippen LogP contribution in [-0.2, 0) is 16.6 Å². The van der Waals surface area contributed by atoms with Gasteiger partial charge in [0.15, 0.2) is 0 Å².